The summed E-state index contributed by atoms with van der Waals surface area (Å²) in [5, 5.41) is 16.3. The van der Waals surface area contributed by atoms with E-state index in [4.69, 9.17) is 15.7 Å². The van der Waals surface area contributed by atoms with Crippen LogP contribution in [0.2, 0.25) is 0 Å². The van der Waals surface area contributed by atoms with E-state index in [1.165, 1.54) is 0 Å². The number of nitrogens with two attached hydrogens (primary N) is 1. The van der Waals surface area contributed by atoms with Crippen LogP contribution in [0, 0.1) is 5.41 Å². The molecule has 5 N–H and O–H groups in total. The van der Waals surface area contributed by atoms with Crippen LogP contribution in [-0.4, -0.2) is 29.0 Å². The fraction of sp³-hybridized carbons (Fsp3) is 0.0769. The van der Waals surface area contributed by atoms with Crippen molar-refractivity contribution in [2.24, 2.45) is 10.7 Å². The van der Waals surface area contributed by atoms with E-state index in [1.54, 1.807) is 12.4 Å². The monoisotopic (exact) mass is 285 g/mol. The topological polar surface area (TPSA) is 125 Å². The SMILES string of the molecule is C=CCNC=Nc1cccc(-c2noc(NC(=N)N)n2)c1. The second kappa shape index (κ2) is 6.85. The van der Waals surface area contributed by atoms with Gasteiger partial charge in [-0.1, -0.05) is 23.4 Å². The van der Waals surface area contributed by atoms with E-state index in [1.807, 2.05) is 24.3 Å². The zero-order chi connectivity index (χ0) is 15.1. The van der Waals surface area contributed by atoms with Crippen LogP contribution in [0.15, 0.2) is 46.4 Å². The largest absolute Gasteiger partial charge is 0.373 e. The first-order chi connectivity index (χ1) is 10.2. The molecule has 0 aliphatic heterocycles. The fourth-order valence-electron chi connectivity index (χ4n) is 1.49. The van der Waals surface area contributed by atoms with E-state index in [2.05, 4.69) is 32.3 Å². The summed E-state index contributed by atoms with van der Waals surface area (Å²) in [4.78, 5) is 8.33. The standard InChI is InChI=1S/C13H15N7O/c1-2-6-16-8-17-10-5-3-4-9(7-10)11-18-13(21-20-11)19-12(14)15/h2-5,7-8H,1,6H2,(H,16,17)(H4,14,15,18,19,20). The lowest BCUT2D eigenvalue weighted by molar-refractivity contribution is 0.436. The number of rotatable bonds is 6. The molecule has 1 aromatic carbocycles. The van der Waals surface area contributed by atoms with Gasteiger partial charge in [0.05, 0.1) is 12.0 Å². The Morgan fingerprint density at radius 2 is 2.38 bits per heavy atom. The average Bonchev–Trinajstić information content (AvgIpc) is 2.92. The van der Waals surface area contributed by atoms with Crippen molar-refractivity contribution in [3.05, 3.63) is 36.9 Å². The first-order valence-corrected chi connectivity index (χ1v) is 6.11. The predicted molar refractivity (Wildman–Crippen MR) is 81.6 cm³/mol. The third-order valence-electron chi connectivity index (χ3n) is 2.34. The molecule has 0 fully saturated rings. The number of benzene rings is 1. The molecule has 8 nitrogen and oxygen atoms in total. The van der Waals surface area contributed by atoms with Gasteiger partial charge in [-0.15, -0.1) is 6.58 Å². The highest BCUT2D eigenvalue weighted by Crippen LogP contribution is 2.22. The summed E-state index contributed by atoms with van der Waals surface area (Å²) in [5.41, 5.74) is 6.68. The lowest BCUT2D eigenvalue weighted by atomic mass is 10.2. The van der Waals surface area contributed by atoms with Gasteiger partial charge in [0.15, 0.2) is 5.96 Å². The highest BCUT2D eigenvalue weighted by Gasteiger charge is 2.09. The lowest BCUT2D eigenvalue weighted by Gasteiger charge is -1.98. The molecule has 8 heteroatoms. The van der Waals surface area contributed by atoms with Crippen molar-refractivity contribution in [3.63, 3.8) is 0 Å². The number of hydrogen-bond donors (Lipinski definition) is 4. The molecule has 1 heterocycles. The fourth-order valence-corrected chi connectivity index (χ4v) is 1.49. The zero-order valence-corrected chi connectivity index (χ0v) is 11.2. The number of guanidine groups is 1. The minimum Gasteiger partial charge on any atom is -0.373 e. The van der Waals surface area contributed by atoms with E-state index in [9.17, 15) is 0 Å². The minimum absolute atomic E-state index is 0.0686. The van der Waals surface area contributed by atoms with Crippen molar-refractivity contribution in [3.8, 4) is 11.4 Å². The predicted octanol–water partition coefficient (Wildman–Crippen LogP) is 1.48. The normalized spacial score (nSPS) is 10.5. The Bertz CT molecular complexity index is 662. The van der Waals surface area contributed by atoms with Gasteiger partial charge >= 0.3 is 6.01 Å². The van der Waals surface area contributed by atoms with Crippen LogP contribution in [0.25, 0.3) is 11.4 Å². The Labute approximate surface area is 121 Å². The maximum absolute atomic E-state index is 7.10. The van der Waals surface area contributed by atoms with E-state index < -0.39 is 0 Å². The van der Waals surface area contributed by atoms with Gasteiger partial charge in [-0.2, -0.15) is 4.98 Å². The van der Waals surface area contributed by atoms with Crippen LogP contribution >= 0.6 is 0 Å². The van der Waals surface area contributed by atoms with Gasteiger partial charge in [-0.25, -0.2) is 4.99 Å². The summed E-state index contributed by atoms with van der Waals surface area (Å²) in [6.45, 7) is 4.25. The molecule has 0 saturated heterocycles. The van der Waals surface area contributed by atoms with Crippen molar-refractivity contribution < 1.29 is 4.52 Å². The number of nitrogens with zero attached hydrogens (tertiary/aromatic N) is 3. The minimum atomic E-state index is -0.267. The molecule has 0 aliphatic rings. The Kier molecular flexibility index (Phi) is 4.65. The molecule has 108 valence electrons. The summed E-state index contributed by atoms with van der Waals surface area (Å²) < 4.78 is 4.93. The molecule has 0 atom stereocenters. The summed E-state index contributed by atoms with van der Waals surface area (Å²) in [7, 11) is 0. The van der Waals surface area contributed by atoms with E-state index >= 15 is 0 Å². The first kappa shape index (κ1) is 14.3. The van der Waals surface area contributed by atoms with E-state index in [0.29, 0.717) is 12.4 Å². The molecular weight excluding hydrogens is 270 g/mol. The van der Waals surface area contributed by atoms with Crippen molar-refractivity contribution in [1.82, 2.24) is 15.5 Å². The number of hydrogen-bond acceptors (Lipinski definition) is 5. The van der Waals surface area contributed by atoms with Crippen LogP contribution < -0.4 is 16.4 Å². The molecule has 0 radical (unpaired) electrons. The molecule has 0 spiro atoms. The third-order valence-corrected chi connectivity index (χ3v) is 2.34. The van der Waals surface area contributed by atoms with Crippen LogP contribution in [-0.2, 0) is 0 Å². The second-order valence-electron chi connectivity index (χ2n) is 3.97. The number of nitrogens with one attached hydrogen (secondary N) is 3. The average molecular weight is 285 g/mol. The molecule has 0 aliphatic carbocycles. The van der Waals surface area contributed by atoms with Crippen molar-refractivity contribution in [2.75, 3.05) is 11.9 Å². The summed E-state index contributed by atoms with van der Waals surface area (Å²) >= 11 is 0. The van der Waals surface area contributed by atoms with Gasteiger partial charge in [0, 0.05) is 12.1 Å². The number of anilines is 1. The van der Waals surface area contributed by atoms with Crippen LogP contribution in [0.1, 0.15) is 0 Å². The summed E-state index contributed by atoms with van der Waals surface area (Å²) in [5.74, 6) is 0.117. The van der Waals surface area contributed by atoms with Crippen molar-refractivity contribution in [2.45, 2.75) is 0 Å². The molecule has 0 saturated carbocycles. The van der Waals surface area contributed by atoms with Crippen LogP contribution in [0.4, 0.5) is 11.7 Å². The molecular formula is C13H15N7O. The highest BCUT2D eigenvalue weighted by molar-refractivity contribution is 5.87. The zero-order valence-electron chi connectivity index (χ0n) is 11.2. The highest BCUT2D eigenvalue weighted by atomic mass is 16.5. The van der Waals surface area contributed by atoms with Crippen molar-refractivity contribution >= 4 is 24.0 Å². The molecule has 2 aromatic rings. The Morgan fingerprint density at radius 1 is 1.52 bits per heavy atom. The Morgan fingerprint density at radius 3 is 3.14 bits per heavy atom. The maximum atomic E-state index is 7.10. The number of aliphatic imine (C=N–C) groups is 1. The Balaban J connectivity index is 2.13. The van der Waals surface area contributed by atoms with Gasteiger partial charge < -0.3 is 15.6 Å². The molecule has 0 bridgehead atoms. The molecule has 0 amide bonds. The summed E-state index contributed by atoms with van der Waals surface area (Å²) in [6, 6.07) is 7.40. The third kappa shape index (κ3) is 4.16. The van der Waals surface area contributed by atoms with Crippen LogP contribution in [0.3, 0.4) is 0 Å². The summed E-state index contributed by atoms with van der Waals surface area (Å²) in [6.07, 6.45) is 3.34. The van der Waals surface area contributed by atoms with E-state index in [-0.39, 0.29) is 12.0 Å². The van der Waals surface area contributed by atoms with Gasteiger partial charge in [0.2, 0.25) is 5.82 Å². The second-order valence-corrected chi connectivity index (χ2v) is 3.97. The van der Waals surface area contributed by atoms with Gasteiger partial charge in [-0.3, -0.25) is 10.7 Å². The van der Waals surface area contributed by atoms with Gasteiger partial charge in [-0.05, 0) is 12.1 Å². The van der Waals surface area contributed by atoms with Crippen molar-refractivity contribution in [1.29, 1.82) is 5.41 Å². The van der Waals surface area contributed by atoms with Crippen LogP contribution in [0.5, 0.6) is 0 Å². The first-order valence-electron chi connectivity index (χ1n) is 6.11. The smallest absolute Gasteiger partial charge is 0.328 e. The number of aromatic nitrogens is 2. The molecule has 0 unspecified atom stereocenters. The van der Waals surface area contributed by atoms with Gasteiger partial charge in [0.1, 0.15) is 0 Å². The van der Waals surface area contributed by atoms with Gasteiger partial charge in [0.25, 0.3) is 0 Å². The quantitative estimate of drug-likeness (QED) is 0.276. The van der Waals surface area contributed by atoms with E-state index in [0.717, 1.165) is 11.3 Å². The molecule has 21 heavy (non-hydrogen) atoms. The molecule has 2 rings (SSSR count). The Hall–Kier alpha value is -3.16. The molecule has 1 aromatic heterocycles. The maximum Gasteiger partial charge on any atom is 0.328 e. The lowest BCUT2D eigenvalue weighted by Crippen LogP contribution is -2.20.